The predicted octanol–water partition coefficient (Wildman–Crippen LogP) is 8.77. The standard InChI is InChI=1S/C40H80O8/c41-37(42)35-33-31-29-27-25-23-21-19-17-15-13-11-9-7-5-3-1-2-4-6-8-10-12-14-16-18-20-22-24-26-28-30-32-34-36-38(43,44)40(47,48)39(37,45)46/h41-48H,1-36H2. The lowest BCUT2D eigenvalue weighted by Gasteiger charge is -2.47. The van der Waals surface area contributed by atoms with E-state index in [0.717, 1.165) is 38.5 Å². The first kappa shape index (κ1) is 45.7. The van der Waals surface area contributed by atoms with E-state index in [-0.39, 0.29) is 12.8 Å². The minimum Gasteiger partial charge on any atom is -0.361 e. The van der Waals surface area contributed by atoms with Crippen molar-refractivity contribution >= 4 is 0 Å². The first-order valence-corrected chi connectivity index (χ1v) is 20.7. The van der Waals surface area contributed by atoms with Crippen LogP contribution in [0.25, 0.3) is 0 Å². The van der Waals surface area contributed by atoms with E-state index >= 15 is 0 Å². The molecule has 0 bridgehead atoms. The Labute approximate surface area is 294 Å². The molecule has 0 radical (unpaired) electrons. The number of hydrogen-bond acceptors (Lipinski definition) is 8. The zero-order valence-electron chi connectivity index (χ0n) is 31.0. The molecular weight excluding hydrogens is 608 g/mol. The lowest BCUT2D eigenvalue weighted by Crippen LogP contribution is -2.76. The molecule has 1 rings (SSSR count). The van der Waals surface area contributed by atoms with Gasteiger partial charge in [-0.3, -0.25) is 0 Å². The van der Waals surface area contributed by atoms with Crippen molar-refractivity contribution < 1.29 is 40.9 Å². The van der Waals surface area contributed by atoms with E-state index in [1.54, 1.807) is 0 Å². The van der Waals surface area contributed by atoms with Crippen LogP contribution in [0.3, 0.4) is 0 Å². The van der Waals surface area contributed by atoms with Crippen LogP contribution in [0.1, 0.15) is 231 Å². The molecule has 8 nitrogen and oxygen atoms in total. The predicted molar refractivity (Wildman–Crippen MR) is 195 cm³/mol. The van der Waals surface area contributed by atoms with E-state index in [0.29, 0.717) is 12.8 Å². The van der Waals surface area contributed by atoms with Crippen LogP contribution in [0.5, 0.6) is 0 Å². The molecule has 1 fully saturated rings. The highest BCUT2D eigenvalue weighted by atomic mass is 16.7. The van der Waals surface area contributed by atoms with Crippen LogP contribution in [0, 0.1) is 0 Å². The highest BCUT2D eigenvalue weighted by molar-refractivity contribution is 5.00. The van der Waals surface area contributed by atoms with Crippen molar-refractivity contribution in [1.29, 1.82) is 0 Å². The Morgan fingerprint density at radius 2 is 0.271 bits per heavy atom. The molecule has 0 aromatic heterocycles. The smallest absolute Gasteiger partial charge is 0.279 e. The van der Waals surface area contributed by atoms with Gasteiger partial charge in [-0.1, -0.05) is 205 Å². The second-order valence-corrected chi connectivity index (χ2v) is 15.5. The van der Waals surface area contributed by atoms with Gasteiger partial charge in [-0.2, -0.15) is 0 Å². The van der Waals surface area contributed by atoms with Crippen LogP contribution in [0.4, 0.5) is 0 Å². The van der Waals surface area contributed by atoms with Crippen LogP contribution in [-0.4, -0.2) is 64.0 Å². The van der Waals surface area contributed by atoms with E-state index in [1.165, 1.54) is 154 Å². The van der Waals surface area contributed by atoms with Crippen molar-refractivity contribution in [2.24, 2.45) is 0 Å². The normalized spacial score (nSPS) is 26.5. The largest absolute Gasteiger partial charge is 0.361 e. The molecule has 1 aliphatic carbocycles. The Balaban J connectivity index is 2.42. The van der Waals surface area contributed by atoms with Gasteiger partial charge in [0.15, 0.2) is 0 Å². The van der Waals surface area contributed by atoms with Gasteiger partial charge in [-0.15, -0.1) is 0 Å². The molecule has 1 aliphatic rings. The minimum absolute atomic E-state index is 0.204. The second kappa shape index (κ2) is 27.3. The molecular formula is C40H80O8. The Hall–Kier alpha value is -0.320. The molecule has 0 heterocycles. The molecule has 8 heteroatoms. The molecule has 0 saturated heterocycles. The van der Waals surface area contributed by atoms with Gasteiger partial charge in [-0.05, 0) is 12.8 Å². The first-order valence-electron chi connectivity index (χ1n) is 20.7. The van der Waals surface area contributed by atoms with Gasteiger partial charge in [-0.25, -0.2) is 0 Å². The van der Waals surface area contributed by atoms with Gasteiger partial charge >= 0.3 is 0 Å². The van der Waals surface area contributed by atoms with Crippen molar-refractivity contribution in [2.45, 2.75) is 254 Å². The Bertz CT molecular complexity index is 664. The summed E-state index contributed by atoms with van der Waals surface area (Å²) < 4.78 is 0. The van der Waals surface area contributed by atoms with Crippen LogP contribution in [0.15, 0.2) is 0 Å². The number of aliphatic hydroxyl groups is 8. The Kier molecular flexibility index (Phi) is 26.0. The van der Waals surface area contributed by atoms with Gasteiger partial charge in [0.05, 0.1) is 0 Å². The highest BCUT2D eigenvalue weighted by Gasteiger charge is 2.69. The van der Waals surface area contributed by atoms with Crippen LogP contribution >= 0.6 is 0 Å². The summed E-state index contributed by atoms with van der Waals surface area (Å²) in [6, 6.07) is 0. The van der Waals surface area contributed by atoms with Gasteiger partial charge in [0.1, 0.15) is 0 Å². The molecule has 288 valence electrons. The van der Waals surface area contributed by atoms with Crippen molar-refractivity contribution in [2.75, 3.05) is 0 Å². The molecule has 0 aromatic carbocycles. The molecule has 0 atom stereocenters. The summed E-state index contributed by atoms with van der Waals surface area (Å²) in [5.74, 6) is -14.6. The molecule has 0 unspecified atom stereocenters. The molecule has 0 aromatic rings. The van der Waals surface area contributed by atoms with Gasteiger partial charge < -0.3 is 40.9 Å². The average molecular weight is 689 g/mol. The summed E-state index contributed by atoms with van der Waals surface area (Å²) in [4.78, 5) is 0. The Morgan fingerprint density at radius 1 is 0.167 bits per heavy atom. The molecule has 8 N–H and O–H groups in total. The number of hydrogen-bond donors (Lipinski definition) is 8. The van der Waals surface area contributed by atoms with Crippen molar-refractivity contribution in [3.05, 3.63) is 0 Å². The maximum atomic E-state index is 10.4. The summed E-state index contributed by atoms with van der Waals surface area (Å²) in [6.07, 6.45) is 38.5. The van der Waals surface area contributed by atoms with Crippen LogP contribution < -0.4 is 0 Å². The minimum atomic E-state index is -3.98. The summed E-state index contributed by atoms with van der Waals surface area (Å²) in [5.41, 5.74) is 0. The maximum absolute atomic E-state index is 10.4. The van der Waals surface area contributed by atoms with E-state index in [9.17, 15) is 40.9 Å². The zero-order valence-corrected chi connectivity index (χ0v) is 31.0. The van der Waals surface area contributed by atoms with Crippen molar-refractivity contribution in [1.82, 2.24) is 0 Å². The average Bonchev–Trinajstić information content (AvgIpc) is 3.03. The Morgan fingerprint density at radius 3 is 0.396 bits per heavy atom. The molecule has 0 aliphatic heterocycles. The van der Waals surface area contributed by atoms with E-state index < -0.39 is 36.0 Å². The van der Waals surface area contributed by atoms with E-state index in [4.69, 9.17) is 0 Å². The topological polar surface area (TPSA) is 162 Å². The fourth-order valence-electron chi connectivity index (χ4n) is 7.31. The zero-order chi connectivity index (χ0) is 35.5. The monoisotopic (exact) mass is 689 g/mol. The SMILES string of the molecule is OC1(O)CCCCCCCCCCCCCCCCCCCCCCCCCCCCCCCCCCCCC(O)(O)C(O)(O)C1(O)O. The first-order chi connectivity index (χ1) is 23.0. The highest BCUT2D eigenvalue weighted by Crippen LogP contribution is 2.39. The van der Waals surface area contributed by atoms with E-state index in [2.05, 4.69) is 0 Å². The maximum Gasteiger partial charge on any atom is 0.279 e. The fraction of sp³-hybridized carbons (Fsp3) is 1.00. The third kappa shape index (κ3) is 19.9. The van der Waals surface area contributed by atoms with Gasteiger partial charge in [0, 0.05) is 12.8 Å². The second-order valence-electron chi connectivity index (χ2n) is 15.5. The molecule has 48 heavy (non-hydrogen) atoms. The van der Waals surface area contributed by atoms with Crippen molar-refractivity contribution in [3.63, 3.8) is 0 Å². The van der Waals surface area contributed by atoms with Gasteiger partial charge in [0.25, 0.3) is 11.6 Å². The quantitative estimate of drug-likeness (QED) is 0.117. The lowest BCUT2D eigenvalue weighted by atomic mass is 9.84. The third-order valence-corrected chi connectivity index (χ3v) is 10.9. The summed E-state index contributed by atoms with van der Waals surface area (Å²) in [5, 5.41) is 83.2. The van der Waals surface area contributed by atoms with Crippen molar-refractivity contribution in [3.8, 4) is 0 Å². The van der Waals surface area contributed by atoms with Gasteiger partial charge in [0.2, 0.25) is 11.6 Å². The van der Waals surface area contributed by atoms with E-state index in [1.807, 2.05) is 0 Å². The van der Waals surface area contributed by atoms with Crippen LogP contribution in [0.2, 0.25) is 0 Å². The number of rotatable bonds is 0. The fourth-order valence-corrected chi connectivity index (χ4v) is 7.31. The summed E-state index contributed by atoms with van der Waals surface area (Å²) >= 11 is 0. The summed E-state index contributed by atoms with van der Waals surface area (Å²) in [6.45, 7) is 0. The molecule has 0 amide bonds. The molecule has 1 saturated carbocycles. The third-order valence-electron chi connectivity index (χ3n) is 10.9. The van der Waals surface area contributed by atoms with Crippen LogP contribution in [-0.2, 0) is 0 Å². The summed E-state index contributed by atoms with van der Waals surface area (Å²) in [7, 11) is 0. The molecule has 0 spiro atoms. The lowest BCUT2D eigenvalue weighted by molar-refractivity contribution is -0.507.